The summed E-state index contributed by atoms with van der Waals surface area (Å²) in [6, 6.07) is 4.17. The monoisotopic (exact) mass is 295 g/mol. The second kappa shape index (κ2) is 5.19. The van der Waals surface area contributed by atoms with Crippen molar-refractivity contribution in [1.82, 2.24) is 9.97 Å². The number of rotatable bonds is 4. The molecule has 2 aromatic rings. The number of halogens is 1. The predicted octanol–water partition coefficient (Wildman–Crippen LogP) is 3.16. The summed E-state index contributed by atoms with van der Waals surface area (Å²) in [4.78, 5) is 8.02. The Morgan fingerprint density at radius 1 is 1.47 bits per heavy atom. The van der Waals surface area contributed by atoms with Crippen molar-refractivity contribution < 1.29 is 0 Å². The number of aryl methyl sites for hydroxylation is 2. The molecule has 0 radical (unpaired) electrons. The first-order chi connectivity index (χ1) is 8.10. The Hall–Kier alpha value is -0.870. The Labute approximate surface area is 110 Å². The number of nitrogens with zero attached hydrogens (tertiary/aromatic N) is 1. The third-order valence-corrected chi connectivity index (χ3v) is 3.53. The molecule has 1 unspecified atom stereocenters. The highest BCUT2D eigenvalue weighted by Crippen LogP contribution is 2.22. The van der Waals surface area contributed by atoms with Crippen molar-refractivity contribution in [1.29, 1.82) is 0 Å². The highest BCUT2D eigenvalue weighted by molar-refractivity contribution is 9.10. The maximum atomic E-state index is 5.62. The molecular weight excluding hydrogens is 278 g/mol. The minimum absolute atomic E-state index is 0.552. The average Bonchev–Trinajstić information content (AvgIpc) is 2.69. The predicted molar refractivity (Wildman–Crippen MR) is 75.1 cm³/mol. The van der Waals surface area contributed by atoms with Crippen molar-refractivity contribution in [3.8, 4) is 0 Å². The zero-order valence-electron chi connectivity index (χ0n) is 10.3. The van der Waals surface area contributed by atoms with Crippen LogP contribution in [0.15, 0.2) is 16.6 Å². The van der Waals surface area contributed by atoms with Gasteiger partial charge in [-0.15, -0.1) is 0 Å². The lowest BCUT2D eigenvalue weighted by atomic mass is 10.1. The van der Waals surface area contributed by atoms with Crippen LogP contribution in [0.2, 0.25) is 0 Å². The van der Waals surface area contributed by atoms with Gasteiger partial charge in [0.15, 0.2) is 0 Å². The van der Waals surface area contributed by atoms with Crippen LogP contribution < -0.4 is 5.73 Å². The van der Waals surface area contributed by atoms with Gasteiger partial charge in [0, 0.05) is 10.9 Å². The molecule has 0 saturated carbocycles. The van der Waals surface area contributed by atoms with Crippen LogP contribution in [0, 0.1) is 12.8 Å². The molecular formula is C13H18BrN3. The minimum atomic E-state index is 0.552. The first-order valence-electron chi connectivity index (χ1n) is 5.95. The lowest BCUT2D eigenvalue weighted by Crippen LogP contribution is -2.11. The molecule has 1 heterocycles. The zero-order chi connectivity index (χ0) is 12.4. The SMILES string of the molecule is Cc1cc(Br)cc2[nH]c(CCC(C)CN)nc12. The molecule has 3 nitrogen and oxygen atoms in total. The van der Waals surface area contributed by atoms with E-state index in [1.54, 1.807) is 0 Å². The van der Waals surface area contributed by atoms with Gasteiger partial charge in [-0.3, -0.25) is 0 Å². The summed E-state index contributed by atoms with van der Waals surface area (Å²) < 4.78 is 1.09. The molecule has 0 bridgehead atoms. The molecule has 0 aliphatic heterocycles. The first kappa shape index (κ1) is 12.6. The Morgan fingerprint density at radius 3 is 2.94 bits per heavy atom. The number of nitrogens with one attached hydrogen (secondary N) is 1. The molecule has 92 valence electrons. The molecule has 0 fully saturated rings. The van der Waals surface area contributed by atoms with Gasteiger partial charge in [0.25, 0.3) is 0 Å². The summed E-state index contributed by atoms with van der Waals surface area (Å²) in [6.45, 7) is 5.00. The van der Waals surface area contributed by atoms with E-state index in [4.69, 9.17) is 5.73 Å². The molecule has 1 atom stereocenters. The number of hydrogen-bond acceptors (Lipinski definition) is 2. The molecule has 0 aliphatic rings. The topological polar surface area (TPSA) is 54.7 Å². The number of fused-ring (bicyclic) bond motifs is 1. The Kier molecular flexibility index (Phi) is 3.84. The van der Waals surface area contributed by atoms with Gasteiger partial charge < -0.3 is 10.7 Å². The first-order valence-corrected chi connectivity index (χ1v) is 6.74. The molecule has 0 spiro atoms. The smallest absolute Gasteiger partial charge is 0.107 e. The van der Waals surface area contributed by atoms with Gasteiger partial charge in [-0.25, -0.2) is 4.98 Å². The standard InChI is InChI=1S/C13H18BrN3/c1-8(7-15)3-4-12-16-11-6-10(14)5-9(2)13(11)17-12/h5-6,8H,3-4,7,15H2,1-2H3,(H,16,17). The van der Waals surface area contributed by atoms with Crippen LogP contribution in [0.3, 0.4) is 0 Å². The highest BCUT2D eigenvalue weighted by Gasteiger charge is 2.07. The van der Waals surface area contributed by atoms with Crippen LogP contribution in [0.5, 0.6) is 0 Å². The lowest BCUT2D eigenvalue weighted by Gasteiger charge is -2.05. The van der Waals surface area contributed by atoms with E-state index in [2.05, 4.69) is 51.9 Å². The van der Waals surface area contributed by atoms with Crippen molar-refractivity contribution in [2.45, 2.75) is 26.7 Å². The Balaban J connectivity index is 2.23. The quantitative estimate of drug-likeness (QED) is 0.910. The second-order valence-corrected chi connectivity index (χ2v) is 5.60. The number of hydrogen-bond donors (Lipinski definition) is 2. The fourth-order valence-corrected chi connectivity index (χ4v) is 2.49. The van der Waals surface area contributed by atoms with Gasteiger partial charge in [-0.1, -0.05) is 22.9 Å². The second-order valence-electron chi connectivity index (χ2n) is 4.68. The molecule has 17 heavy (non-hydrogen) atoms. The van der Waals surface area contributed by atoms with Crippen molar-refractivity contribution in [2.75, 3.05) is 6.54 Å². The fraction of sp³-hybridized carbons (Fsp3) is 0.462. The Morgan fingerprint density at radius 2 is 2.24 bits per heavy atom. The fourth-order valence-electron chi connectivity index (χ4n) is 1.92. The molecule has 0 saturated heterocycles. The summed E-state index contributed by atoms with van der Waals surface area (Å²) >= 11 is 3.50. The van der Waals surface area contributed by atoms with Gasteiger partial charge >= 0.3 is 0 Å². The molecule has 2 rings (SSSR count). The molecule has 1 aromatic carbocycles. The van der Waals surface area contributed by atoms with Crippen LogP contribution in [-0.2, 0) is 6.42 Å². The lowest BCUT2D eigenvalue weighted by molar-refractivity contribution is 0.538. The van der Waals surface area contributed by atoms with E-state index in [-0.39, 0.29) is 0 Å². The minimum Gasteiger partial charge on any atom is -0.342 e. The summed E-state index contributed by atoms with van der Waals surface area (Å²) in [5.74, 6) is 1.61. The number of benzene rings is 1. The molecule has 0 aliphatic carbocycles. The van der Waals surface area contributed by atoms with Crippen LogP contribution >= 0.6 is 15.9 Å². The third kappa shape index (κ3) is 2.87. The summed E-state index contributed by atoms with van der Waals surface area (Å²) in [5, 5.41) is 0. The molecule has 3 N–H and O–H groups in total. The van der Waals surface area contributed by atoms with E-state index in [1.165, 1.54) is 5.56 Å². The maximum absolute atomic E-state index is 5.62. The zero-order valence-corrected chi connectivity index (χ0v) is 11.8. The van der Waals surface area contributed by atoms with Gasteiger partial charge in [0.05, 0.1) is 11.0 Å². The third-order valence-electron chi connectivity index (χ3n) is 3.07. The van der Waals surface area contributed by atoms with Crippen molar-refractivity contribution in [2.24, 2.45) is 11.7 Å². The van der Waals surface area contributed by atoms with Gasteiger partial charge in [0.2, 0.25) is 0 Å². The number of aromatic amines is 1. The van der Waals surface area contributed by atoms with Crippen LogP contribution in [-0.4, -0.2) is 16.5 Å². The van der Waals surface area contributed by atoms with E-state index in [0.717, 1.165) is 40.7 Å². The Bertz CT molecular complexity index is 519. The van der Waals surface area contributed by atoms with Gasteiger partial charge in [0.1, 0.15) is 5.82 Å². The maximum Gasteiger partial charge on any atom is 0.107 e. The summed E-state index contributed by atoms with van der Waals surface area (Å²) in [7, 11) is 0. The van der Waals surface area contributed by atoms with Crippen LogP contribution in [0.1, 0.15) is 24.7 Å². The van der Waals surface area contributed by atoms with Crippen molar-refractivity contribution >= 4 is 27.0 Å². The number of nitrogens with two attached hydrogens (primary N) is 1. The number of imidazole rings is 1. The highest BCUT2D eigenvalue weighted by atomic mass is 79.9. The van der Waals surface area contributed by atoms with E-state index in [1.807, 2.05) is 0 Å². The van der Waals surface area contributed by atoms with Crippen molar-refractivity contribution in [3.05, 3.63) is 28.0 Å². The molecule has 1 aromatic heterocycles. The normalized spacial score (nSPS) is 13.2. The average molecular weight is 296 g/mol. The van der Waals surface area contributed by atoms with Gasteiger partial charge in [-0.05, 0) is 43.5 Å². The summed E-state index contributed by atoms with van der Waals surface area (Å²) in [5.41, 5.74) is 8.99. The van der Waals surface area contributed by atoms with Gasteiger partial charge in [-0.2, -0.15) is 0 Å². The van der Waals surface area contributed by atoms with Crippen LogP contribution in [0.4, 0.5) is 0 Å². The largest absolute Gasteiger partial charge is 0.342 e. The number of H-pyrrole nitrogens is 1. The van der Waals surface area contributed by atoms with E-state index < -0.39 is 0 Å². The molecule has 0 amide bonds. The van der Waals surface area contributed by atoms with Crippen molar-refractivity contribution in [3.63, 3.8) is 0 Å². The molecule has 4 heteroatoms. The van der Waals surface area contributed by atoms with E-state index in [9.17, 15) is 0 Å². The number of aromatic nitrogens is 2. The van der Waals surface area contributed by atoms with E-state index in [0.29, 0.717) is 5.92 Å². The van der Waals surface area contributed by atoms with E-state index >= 15 is 0 Å². The summed E-state index contributed by atoms with van der Waals surface area (Å²) in [6.07, 6.45) is 2.04. The van der Waals surface area contributed by atoms with Crippen LogP contribution in [0.25, 0.3) is 11.0 Å².